The number of amides is 1. The maximum atomic E-state index is 11.9. The van der Waals surface area contributed by atoms with Gasteiger partial charge in [-0.1, -0.05) is 18.2 Å². The molecule has 1 N–H and O–H groups in total. The van der Waals surface area contributed by atoms with Gasteiger partial charge in [-0.25, -0.2) is 5.43 Å². The second-order valence-corrected chi connectivity index (χ2v) is 5.11. The number of allylic oxidation sites excluding steroid dienone is 3. The highest BCUT2D eigenvalue weighted by molar-refractivity contribution is 6.02. The molecule has 1 heterocycles. The second-order valence-electron chi connectivity index (χ2n) is 5.11. The van der Waals surface area contributed by atoms with Crippen LogP contribution in [0.15, 0.2) is 53.4 Å². The van der Waals surface area contributed by atoms with Crippen molar-refractivity contribution in [2.75, 3.05) is 0 Å². The Balaban J connectivity index is 2.07. The topological polar surface area (TPSA) is 54.4 Å². The fraction of sp³-hybridized carbons (Fsp3) is 0.312. The number of nitrogens with zero attached hydrogens (tertiary/aromatic N) is 2. The summed E-state index contributed by atoms with van der Waals surface area (Å²) in [5.41, 5.74) is 6.29. The summed E-state index contributed by atoms with van der Waals surface area (Å²) in [6.45, 7) is 8.05. The van der Waals surface area contributed by atoms with E-state index in [2.05, 4.69) is 28.2 Å². The van der Waals surface area contributed by atoms with Crippen molar-refractivity contribution in [3.05, 3.63) is 53.9 Å². The average Bonchev–Trinajstić information content (AvgIpc) is 2.46. The van der Waals surface area contributed by atoms with Gasteiger partial charge in [-0.15, -0.1) is 0 Å². The summed E-state index contributed by atoms with van der Waals surface area (Å²) in [4.78, 5) is 15.8. The first kappa shape index (κ1) is 14.2. The third-order valence-electron chi connectivity index (χ3n) is 3.52. The molecule has 4 heteroatoms. The monoisotopic (exact) mass is 269 g/mol. The first-order valence-corrected chi connectivity index (χ1v) is 6.67. The molecule has 1 aromatic heterocycles. The molecule has 0 radical (unpaired) electrons. The zero-order valence-corrected chi connectivity index (χ0v) is 11.9. The van der Waals surface area contributed by atoms with Gasteiger partial charge in [0, 0.05) is 12.4 Å². The third kappa shape index (κ3) is 3.41. The zero-order chi connectivity index (χ0) is 14.5. The molecule has 0 saturated heterocycles. The number of hydrogen-bond donors (Lipinski definition) is 1. The normalized spacial score (nSPS) is 20.4. The van der Waals surface area contributed by atoms with Crippen LogP contribution in [0, 0.1) is 5.92 Å². The third-order valence-corrected chi connectivity index (χ3v) is 3.52. The number of nitrogens with one attached hydrogen (secondary N) is 1. The first-order chi connectivity index (χ1) is 9.58. The van der Waals surface area contributed by atoms with Gasteiger partial charge in [0.2, 0.25) is 0 Å². The molecule has 0 fully saturated rings. The molecule has 0 spiro atoms. The molecule has 0 unspecified atom stereocenters. The summed E-state index contributed by atoms with van der Waals surface area (Å²) < 4.78 is 0. The van der Waals surface area contributed by atoms with Crippen LogP contribution >= 0.6 is 0 Å². The fourth-order valence-corrected chi connectivity index (χ4v) is 2.10. The maximum absolute atomic E-state index is 11.9. The number of hydrogen-bond acceptors (Lipinski definition) is 3. The van der Waals surface area contributed by atoms with E-state index in [9.17, 15) is 4.79 Å². The van der Waals surface area contributed by atoms with E-state index in [0.717, 1.165) is 29.7 Å². The van der Waals surface area contributed by atoms with Crippen molar-refractivity contribution < 1.29 is 4.79 Å². The molecule has 0 aromatic carbocycles. The van der Waals surface area contributed by atoms with Crippen LogP contribution in [-0.4, -0.2) is 16.6 Å². The Kier molecular flexibility index (Phi) is 4.45. The lowest BCUT2D eigenvalue weighted by Gasteiger charge is -2.22. The van der Waals surface area contributed by atoms with Crippen LogP contribution in [-0.2, 0) is 0 Å². The largest absolute Gasteiger partial charge is 0.272 e. The minimum atomic E-state index is -0.240. The average molecular weight is 269 g/mol. The van der Waals surface area contributed by atoms with Crippen LogP contribution in [0.3, 0.4) is 0 Å². The molecule has 2 rings (SSSR count). The number of hydrazone groups is 1. The maximum Gasteiger partial charge on any atom is 0.272 e. The molecule has 20 heavy (non-hydrogen) atoms. The quantitative estimate of drug-likeness (QED) is 0.677. The zero-order valence-electron chi connectivity index (χ0n) is 11.9. The van der Waals surface area contributed by atoms with Gasteiger partial charge in [-0.05, 0) is 50.3 Å². The summed E-state index contributed by atoms with van der Waals surface area (Å²) in [5, 5.41) is 4.25. The Labute approximate surface area is 119 Å². The number of aromatic nitrogens is 1. The van der Waals surface area contributed by atoms with E-state index in [1.807, 2.05) is 13.8 Å². The molecule has 1 amide bonds. The van der Waals surface area contributed by atoms with Crippen LogP contribution in [0.2, 0.25) is 0 Å². The predicted molar refractivity (Wildman–Crippen MR) is 80.4 cm³/mol. The van der Waals surface area contributed by atoms with Crippen molar-refractivity contribution in [3.63, 3.8) is 0 Å². The van der Waals surface area contributed by atoms with Crippen molar-refractivity contribution in [2.45, 2.75) is 26.7 Å². The number of rotatable bonds is 3. The predicted octanol–water partition coefficient (Wildman–Crippen LogP) is 3.10. The van der Waals surface area contributed by atoms with E-state index in [1.165, 1.54) is 6.20 Å². The van der Waals surface area contributed by atoms with Gasteiger partial charge in [0.15, 0.2) is 0 Å². The van der Waals surface area contributed by atoms with E-state index in [4.69, 9.17) is 0 Å². The molecule has 0 bridgehead atoms. The van der Waals surface area contributed by atoms with Crippen molar-refractivity contribution in [1.29, 1.82) is 0 Å². The molecule has 0 saturated carbocycles. The fourth-order valence-electron chi connectivity index (χ4n) is 2.10. The first-order valence-electron chi connectivity index (χ1n) is 6.67. The molecule has 1 aromatic rings. The SMILES string of the molecule is C=C(C)[C@@H]1CC=C(C)C(=NNC(=O)c2cccnc2)C1. The van der Waals surface area contributed by atoms with Gasteiger partial charge in [0.05, 0.1) is 11.3 Å². The molecule has 1 aliphatic carbocycles. The summed E-state index contributed by atoms with van der Waals surface area (Å²) in [6, 6.07) is 3.44. The molecule has 4 nitrogen and oxygen atoms in total. The van der Waals surface area contributed by atoms with Gasteiger partial charge in [0.1, 0.15) is 0 Å². The van der Waals surface area contributed by atoms with Crippen molar-refractivity contribution in [3.8, 4) is 0 Å². The van der Waals surface area contributed by atoms with Crippen LogP contribution in [0.25, 0.3) is 0 Å². The van der Waals surface area contributed by atoms with Gasteiger partial charge in [-0.3, -0.25) is 9.78 Å². The number of pyridine rings is 1. The highest BCUT2D eigenvalue weighted by Crippen LogP contribution is 2.26. The number of carbonyl (C=O) groups is 1. The van der Waals surface area contributed by atoms with E-state index >= 15 is 0 Å². The molecule has 104 valence electrons. The highest BCUT2D eigenvalue weighted by Gasteiger charge is 2.18. The molecular weight excluding hydrogens is 250 g/mol. The van der Waals surface area contributed by atoms with Crippen molar-refractivity contribution in [2.24, 2.45) is 11.0 Å². The minimum absolute atomic E-state index is 0.240. The van der Waals surface area contributed by atoms with E-state index in [-0.39, 0.29) is 5.91 Å². The lowest BCUT2D eigenvalue weighted by atomic mass is 9.85. The molecular formula is C16H19N3O. The smallest absolute Gasteiger partial charge is 0.267 e. The number of carbonyl (C=O) groups excluding carboxylic acids is 1. The Morgan fingerprint density at radius 2 is 2.35 bits per heavy atom. The highest BCUT2D eigenvalue weighted by atomic mass is 16.2. The Morgan fingerprint density at radius 3 is 3.00 bits per heavy atom. The summed E-state index contributed by atoms with van der Waals surface area (Å²) >= 11 is 0. The van der Waals surface area contributed by atoms with Gasteiger partial charge >= 0.3 is 0 Å². The Bertz CT molecular complexity index is 573. The van der Waals surface area contributed by atoms with E-state index < -0.39 is 0 Å². The van der Waals surface area contributed by atoms with Gasteiger partial charge in [0.25, 0.3) is 5.91 Å². The van der Waals surface area contributed by atoms with E-state index in [0.29, 0.717) is 11.5 Å². The summed E-state index contributed by atoms with van der Waals surface area (Å²) in [6.07, 6.45) is 7.13. The van der Waals surface area contributed by atoms with Gasteiger partial charge < -0.3 is 0 Å². The summed E-state index contributed by atoms with van der Waals surface area (Å²) in [5.74, 6) is 0.170. The van der Waals surface area contributed by atoms with Crippen LogP contribution in [0.1, 0.15) is 37.0 Å². The lowest BCUT2D eigenvalue weighted by molar-refractivity contribution is 0.0954. The Hall–Kier alpha value is -2.23. The standard InChI is InChI=1S/C16H19N3O/c1-11(2)13-7-6-12(3)15(9-13)18-19-16(20)14-5-4-8-17-10-14/h4-6,8,10,13H,1,7,9H2,2-3H3,(H,19,20)/t13-/m1/s1. The van der Waals surface area contributed by atoms with Crippen LogP contribution in [0.5, 0.6) is 0 Å². The molecule has 1 atom stereocenters. The summed E-state index contributed by atoms with van der Waals surface area (Å²) in [7, 11) is 0. The minimum Gasteiger partial charge on any atom is -0.267 e. The lowest BCUT2D eigenvalue weighted by Crippen LogP contribution is -2.23. The molecule has 1 aliphatic rings. The molecule has 0 aliphatic heterocycles. The van der Waals surface area contributed by atoms with Crippen LogP contribution in [0.4, 0.5) is 0 Å². The van der Waals surface area contributed by atoms with Crippen LogP contribution < -0.4 is 5.43 Å². The van der Waals surface area contributed by atoms with E-state index in [1.54, 1.807) is 18.3 Å². The van der Waals surface area contributed by atoms with Crippen molar-refractivity contribution in [1.82, 2.24) is 10.4 Å². The second kappa shape index (κ2) is 6.28. The van der Waals surface area contributed by atoms with Crippen molar-refractivity contribution >= 4 is 11.6 Å². The Morgan fingerprint density at radius 1 is 1.55 bits per heavy atom. The van der Waals surface area contributed by atoms with Gasteiger partial charge in [-0.2, -0.15) is 5.10 Å².